The third kappa shape index (κ3) is 4.08. The van der Waals surface area contributed by atoms with Crippen molar-refractivity contribution < 1.29 is 8.94 Å². The summed E-state index contributed by atoms with van der Waals surface area (Å²) in [7, 11) is 0. The van der Waals surface area contributed by atoms with Crippen LogP contribution < -0.4 is 0 Å². The molecule has 1 rings (SSSR count). The third-order valence-electron chi connectivity index (χ3n) is 2.06. The molecule has 2 nitrogen and oxygen atoms in total. The molecule has 0 saturated carbocycles. The maximum atomic E-state index is 12.9. The monoisotopic (exact) mass is 319 g/mol. The maximum Gasteiger partial charge on any atom is 0.144 e. The lowest BCUT2D eigenvalue weighted by atomic mass is 10.1. The van der Waals surface area contributed by atoms with Crippen LogP contribution in [0.2, 0.25) is 0 Å². The predicted molar refractivity (Wildman–Crippen MR) is 74.2 cm³/mol. The highest BCUT2D eigenvalue weighted by atomic mass is 79.9. The van der Waals surface area contributed by atoms with Gasteiger partial charge in [0.05, 0.1) is 5.71 Å². The maximum absolute atomic E-state index is 12.9. The molecular weight excluding hydrogens is 305 g/mol. The van der Waals surface area contributed by atoms with Crippen molar-refractivity contribution in [3.05, 3.63) is 34.1 Å². The first-order valence-corrected chi connectivity index (χ1v) is 7.04. The number of hydrogen-bond acceptors (Lipinski definition) is 2. The minimum absolute atomic E-state index is 0.314. The molecule has 0 aliphatic carbocycles. The molecule has 1 atom stereocenters. The zero-order valence-corrected chi connectivity index (χ0v) is 12.7. The molecular formula is C12H15BrFNOS. The summed E-state index contributed by atoms with van der Waals surface area (Å²) < 4.78 is 29.2. The van der Waals surface area contributed by atoms with E-state index in [2.05, 4.69) is 20.3 Å². The normalized spacial score (nSPS) is 14.9. The molecule has 0 N–H and O–H groups in total. The Morgan fingerprint density at radius 2 is 2.00 bits per heavy atom. The van der Waals surface area contributed by atoms with Crippen LogP contribution >= 0.6 is 15.9 Å². The molecule has 0 spiro atoms. The molecule has 0 saturated heterocycles. The molecule has 1 aromatic carbocycles. The molecule has 94 valence electrons. The van der Waals surface area contributed by atoms with E-state index in [9.17, 15) is 8.94 Å². The van der Waals surface area contributed by atoms with Crippen LogP contribution in [0, 0.1) is 5.82 Å². The number of benzene rings is 1. The summed E-state index contributed by atoms with van der Waals surface area (Å²) in [6.45, 7) is 7.35. The van der Waals surface area contributed by atoms with Crippen molar-refractivity contribution in [3.8, 4) is 0 Å². The highest BCUT2D eigenvalue weighted by Gasteiger charge is 2.27. The van der Waals surface area contributed by atoms with Crippen LogP contribution in [0.3, 0.4) is 0 Å². The Bertz CT molecular complexity index is 443. The van der Waals surface area contributed by atoms with Gasteiger partial charge in [0, 0.05) is 10.0 Å². The predicted octanol–water partition coefficient (Wildman–Crippen LogP) is 3.86. The van der Waals surface area contributed by atoms with Crippen molar-refractivity contribution in [2.24, 2.45) is 4.40 Å². The lowest BCUT2D eigenvalue weighted by molar-refractivity contribution is 0.561. The van der Waals surface area contributed by atoms with Crippen molar-refractivity contribution in [1.82, 2.24) is 0 Å². The number of rotatable bonds is 2. The van der Waals surface area contributed by atoms with Gasteiger partial charge in [-0.1, -0.05) is 20.3 Å². The van der Waals surface area contributed by atoms with E-state index >= 15 is 0 Å². The van der Waals surface area contributed by atoms with Crippen molar-refractivity contribution in [1.29, 1.82) is 0 Å². The first-order chi connectivity index (χ1) is 7.71. The lowest BCUT2D eigenvalue weighted by Crippen LogP contribution is -2.26. The largest absolute Gasteiger partial charge is 0.591 e. The van der Waals surface area contributed by atoms with E-state index in [1.54, 1.807) is 13.0 Å². The Morgan fingerprint density at radius 3 is 2.47 bits per heavy atom. The van der Waals surface area contributed by atoms with Crippen LogP contribution in [0.15, 0.2) is 27.1 Å². The first-order valence-electron chi connectivity index (χ1n) is 5.14. The second kappa shape index (κ2) is 5.50. The summed E-state index contributed by atoms with van der Waals surface area (Å²) in [4.78, 5) is 0. The molecule has 0 aromatic heterocycles. The van der Waals surface area contributed by atoms with Gasteiger partial charge in [-0.25, -0.2) is 4.39 Å². The van der Waals surface area contributed by atoms with Gasteiger partial charge in [-0.05, 0) is 45.9 Å². The van der Waals surface area contributed by atoms with Crippen LogP contribution in [0.25, 0.3) is 0 Å². The van der Waals surface area contributed by atoms with Gasteiger partial charge in [0.15, 0.2) is 0 Å². The van der Waals surface area contributed by atoms with Crippen LogP contribution in [0.1, 0.15) is 33.3 Å². The molecule has 1 aromatic rings. The highest BCUT2D eigenvalue weighted by Crippen LogP contribution is 2.22. The second-order valence-corrected chi connectivity index (χ2v) is 7.42. The standard InChI is InChI=1S/C12H15BrFNOS/c1-8(15-17(16)12(2,3)4)10-6-5-9(14)7-11(10)13/h5-7H,1-4H3/b15-8-. The van der Waals surface area contributed by atoms with Gasteiger partial charge < -0.3 is 4.55 Å². The van der Waals surface area contributed by atoms with E-state index in [0.29, 0.717) is 10.2 Å². The van der Waals surface area contributed by atoms with Gasteiger partial charge in [-0.3, -0.25) is 0 Å². The van der Waals surface area contributed by atoms with Gasteiger partial charge in [0.25, 0.3) is 0 Å². The number of hydrogen-bond donors (Lipinski definition) is 0. The minimum Gasteiger partial charge on any atom is -0.591 e. The second-order valence-electron chi connectivity index (χ2n) is 4.66. The summed E-state index contributed by atoms with van der Waals surface area (Å²) in [5.41, 5.74) is 1.38. The molecule has 0 amide bonds. The Labute approximate surface area is 113 Å². The fourth-order valence-electron chi connectivity index (χ4n) is 1.09. The Morgan fingerprint density at radius 1 is 1.41 bits per heavy atom. The first kappa shape index (κ1) is 14.7. The van der Waals surface area contributed by atoms with Gasteiger partial charge in [0.2, 0.25) is 0 Å². The fraction of sp³-hybridized carbons (Fsp3) is 0.417. The molecule has 0 bridgehead atoms. The fourth-order valence-corrected chi connectivity index (χ4v) is 2.35. The quantitative estimate of drug-likeness (QED) is 0.602. The Kier molecular flexibility index (Phi) is 4.75. The van der Waals surface area contributed by atoms with E-state index in [-0.39, 0.29) is 5.82 Å². The van der Waals surface area contributed by atoms with Gasteiger partial charge in [-0.15, -0.1) is 0 Å². The van der Waals surface area contributed by atoms with Crippen molar-refractivity contribution in [2.75, 3.05) is 0 Å². The summed E-state index contributed by atoms with van der Waals surface area (Å²) in [5.74, 6) is -0.314. The van der Waals surface area contributed by atoms with Gasteiger partial charge in [0.1, 0.15) is 21.9 Å². The summed E-state index contributed by atoms with van der Waals surface area (Å²) in [5, 5.41) is 0. The summed E-state index contributed by atoms with van der Waals surface area (Å²) >= 11 is 1.96. The Hall–Kier alpha value is -0.390. The zero-order chi connectivity index (χ0) is 13.2. The van der Waals surface area contributed by atoms with E-state index in [1.807, 2.05) is 20.8 Å². The molecule has 0 heterocycles. The Balaban J connectivity index is 3.04. The average Bonchev–Trinajstić information content (AvgIpc) is 2.15. The summed E-state index contributed by atoms with van der Waals surface area (Å²) in [6, 6.07) is 4.35. The van der Waals surface area contributed by atoms with Crippen molar-refractivity contribution in [2.45, 2.75) is 32.4 Å². The lowest BCUT2D eigenvalue weighted by Gasteiger charge is -2.19. The zero-order valence-electron chi connectivity index (χ0n) is 10.3. The molecule has 0 aliphatic rings. The van der Waals surface area contributed by atoms with Crippen LogP contribution in [0.5, 0.6) is 0 Å². The number of halogens is 2. The van der Waals surface area contributed by atoms with E-state index < -0.39 is 16.1 Å². The van der Waals surface area contributed by atoms with E-state index in [1.165, 1.54) is 12.1 Å². The topological polar surface area (TPSA) is 35.4 Å². The van der Waals surface area contributed by atoms with Crippen LogP contribution in [-0.4, -0.2) is 15.0 Å². The molecule has 0 radical (unpaired) electrons. The molecule has 0 aliphatic heterocycles. The van der Waals surface area contributed by atoms with E-state index in [0.717, 1.165) is 5.56 Å². The van der Waals surface area contributed by atoms with Gasteiger partial charge >= 0.3 is 0 Å². The molecule has 0 fully saturated rings. The van der Waals surface area contributed by atoms with Crippen molar-refractivity contribution in [3.63, 3.8) is 0 Å². The minimum atomic E-state index is -1.31. The molecule has 1 unspecified atom stereocenters. The van der Waals surface area contributed by atoms with Crippen molar-refractivity contribution >= 4 is 33.0 Å². The smallest absolute Gasteiger partial charge is 0.144 e. The molecule has 17 heavy (non-hydrogen) atoms. The molecule has 5 heteroatoms. The van der Waals surface area contributed by atoms with E-state index in [4.69, 9.17) is 0 Å². The third-order valence-corrected chi connectivity index (χ3v) is 4.21. The highest BCUT2D eigenvalue weighted by molar-refractivity contribution is 9.10. The van der Waals surface area contributed by atoms with Crippen LogP contribution in [0.4, 0.5) is 4.39 Å². The number of nitrogens with zero attached hydrogens (tertiary/aromatic N) is 1. The SMILES string of the molecule is C/C(=N/[S+]([O-])C(C)(C)C)c1ccc(F)cc1Br. The van der Waals surface area contributed by atoms with Crippen LogP contribution in [-0.2, 0) is 11.4 Å². The summed E-state index contributed by atoms with van der Waals surface area (Å²) in [6.07, 6.45) is 0. The van der Waals surface area contributed by atoms with Gasteiger partial charge in [-0.2, -0.15) is 0 Å². The average molecular weight is 320 g/mol.